The molecule has 1 aromatic carbocycles. The van der Waals surface area contributed by atoms with E-state index in [1.165, 1.54) is 51.0 Å². The first kappa shape index (κ1) is 18.4. The summed E-state index contributed by atoms with van der Waals surface area (Å²) >= 11 is 0. The van der Waals surface area contributed by atoms with Crippen LogP contribution in [0.1, 0.15) is 31.2 Å². The molecule has 4 heteroatoms. The molecule has 0 bridgehead atoms. The maximum Gasteiger partial charge on any atom is 0.119 e. The van der Waals surface area contributed by atoms with E-state index in [9.17, 15) is 0 Å². The molecule has 2 heterocycles. The summed E-state index contributed by atoms with van der Waals surface area (Å²) < 4.78 is 10.8. The molecule has 0 spiro atoms. The second-order valence-electron chi connectivity index (χ2n) is 7.04. The van der Waals surface area contributed by atoms with E-state index < -0.39 is 0 Å². The molecule has 1 aromatic rings. The van der Waals surface area contributed by atoms with E-state index in [-0.39, 0.29) is 0 Å². The largest absolute Gasteiger partial charge is 0.497 e. The van der Waals surface area contributed by atoms with Gasteiger partial charge in [0.05, 0.1) is 7.11 Å². The van der Waals surface area contributed by atoms with Crippen LogP contribution in [0.2, 0.25) is 0 Å². The molecule has 25 heavy (non-hydrogen) atoms. The molecule has 0 aromatic heterocycles. The van der Waals surface area contributed by atoms with Gasteiger partial charge in [-0.15, -0.1) is 0 Å². The van der Waals surface area contributed by atoms with E-state index in [4.69, 9.17) is 9.47 Å². The van der Waals surface area contributed by atoms with Gasteiger partial charge in [0.15, 0.2) is 0 Å². The standard InChI is InChI=1S/C21H32N2O2/c1-24-21-8-4-7-19(18-21)6-2-3-11-22-12-5-13-23(15-14-22)20-9-16-25-17-10-20/h2,4,6-8,18,20H,3,5,9-17H2,1H3/b6-2+. The van der Waals surface area contributed by atoms with Gasteiger partial charge in [0.2, 0.25) is 0 Å². The average molecular weight is 344 g/mol. The van der Waals surface area contributed by atoms with Crippen LogP contribution >= 0.6 is 0 Å². The molecule has 138 valence electrons. The summed E-state index contributed by atoms with van der Waals surface area (Å²) in [5.74, 6) is 0.919. The van der Waals surface area contributed by atoms with Crippen molar-refractivity contribution < 1.29 is 9.47 Å². The molecule has 2 aliphatic rings. The quantitative estimate of drug-likeness (QED) is 0.791. The predicted molar refractivity (Wildman–Crippen MR) is 103 cm³/mol. The molecular formula is C21H32N2O2. The molecule has 0 unspecified atom stereocenters. The van der Waals surface area contributed by atoms with E-state index in [0.717, 1.165) is 38.0 Å². The highest BCUT2D eigenvalue weighted by molar-refractivity contribution is 5.51. The Bertz CT molecular complexity index is 540. The van der Waals surface area contributed by atoms with Crippen molar-refractivity contribution in [3.05, 3.63) is 35.9 Å². The van der Waals surface area contributed by atoms with Gasteiger partial charge in [-0.3, -0.25) is 4.90 Å². The highest BCUT2D eigenvalue weighted by Crippen LogP contribution is 2.17. The summed E-state index contributed by atoms with van der Waals surface area (Å²) in [6.07, 6.45) is 9.31. The molecule has 0 amide bonds. The Morgan fingerprint density at radius 2 is 2.04 bits per heavy atom. The van der Waals surface area contributed by atoms with Gasteiger partial charge >= 0.3 is 0 Å². The molecule has 0 atom stereocenters. The molecule has 2 aliphatic heterocycles. The Labute approximate surface area is 152 Å². The van der Waals surface area contributed by atoms with Gasteiger partial charge in [-0.1, -0.05) is 24.3 Å². The number of ether oxygens (including phenoxy) is 2. The molecule has 3 rings (SSSR count). The average Bonchev–Trinajstić information content (AvgIpc) is 2.92. The van der Waals surface area contributed by atoms with Crippen LogP contribution in [0.3, 0.4) is 0 Å². The second-order valence-corrected chi connectivity index (χ2v) is 7.04. The lowest BCUT2D eigenvalue weighted by Gasteiger charge is -2.33. The van der Waals surface area contributed by atoms with Crippen molar-refractivity contribution in [3.8, 4) is 5.75 Å². The first-order valence-electron chi connectivity index (χ1n) is 9.70. The third-order valence-electron chi connectivity index (χ3n) is 5.35. The number of nitrogens with zero attached hydrogens (tertiary/aromatic N) is 2. The minimum absolute atomic E-state index is 0.752. The first-order valence-corrected chi connectivity index (χ1v) is 9.70. The van der Waals surface area contributed by atoms with Gasteiger partial charge in [-0.25, -0.2) is 0 Å². The van der Waals surface area contributed by atoms with Crippen LogP contribution in [0.15, 0.2) is 30.3 Å². The number of methoxy groups -OCH3 is 1. The van der Waals surface area contributed by atoms with Gasteiger partial charge in [0.25, 0.3) is 0 Å². The maximum atomic E-state index is 5.51. The summed E-state index contributed by atoms with van der Waals surface area (Å²) in [7, 11) is 1.71. The van der Waals surface area contributed by atoms with Crippen molar-refractivity contribution in [1.82, 2.24) is 9.80 Å². The number of rotatable bonds is 6. The lowest BCUT2D eigenvalue weighted by Crippen LogP contribution is -2.41. The van der Waals surface area contributed by atoms with E-state index in [0.29, 0.717) is 0 Å². The third-order valence-corrected chi connectivity index (χ3v) is 5.35. The van der Waals surface area contributed by atoms with Gasteiger partial charge in [0, 0.05) is 38.9 Å². The fourth-order valence-corrected chi connectivity index (χ4v) is 3.85. The van der Waals surface area contributed by atoms with Gasteiger partial charge in [-0.2, -0.15) is 0 Å². The van der Waals surface area contributed by atoms with Crippen LogP contribution in [-0.4, -0.2) is 68.9 Å². The van der Waals surface area contributed by atoms with Crippen molar-refractivity contribution in [3.63, 3.8) is 0 Å². The molecule has 0 aliphatic carbocycles. The van der Waals surface area contributed by atoms with Crippen LogP contribution < -0.4 is 4.74 Å². The number of benzene rings is 1. The minimum Gasteiger partial charge on any atom is -0.497 e. The molecule has 0 radical (unpaired) electrons. The van der Waals surface area contributed by atoms with E-state index >= 15 is 0 Å². The molecular weight excluding hydrogens is 312 g/mol. The molecule has 2 fully saturated rings. The normalized spacial score (nSPS) is 21.5. The Kier molecular flexibility index (Phi) is 7.34. The lowest BCUT2D eigenvalue weighted by atomic mass is 10.1. The van der Waals surface area contributed by atoms with Crippen molar-refractivity contribution in [2.45, 2.75) is 31.7 Å². The van der Waals surface area contributed by atoms with Crippen LogP contribution in [0.5, 0.6) is 5.75 Å². The minimum atomic E-state index is 0.752. The first-order chi connectivity index (χ1) is 12.3. The molecule has 4 nitrogen and oxygen atoms in total. The lowest BCUT2D eigenvalue weighted by molar-refractivity contribution is 0.0354. The van der Waals surface area contributed by atoms with Crippen molar-refractivity contribution >= 4 is 6.08 Å². The van der Waals surface area contributed by atoms with Gasteiger partial charge < -0.3 is 14.4 Å². The van der Waals surface area contributed by atoms with Crippen molar-refractivity contribution in [2.24, 2.45) is 0 Å². The highest BCUT2D eigenvalue weighted by atomic mass is 16.5. The number of hydrogen-bond acceptors (Lipinski definition) is 4. The summed E-state index contributed by atoms with van der Waals surface area (Å²) in [5, 5.41) is 0. The SMILES string of the molecule is COc1cccc(/C=C/CCN2CCCN(C3CCOCC3)CC2)c1. The van der Waals surface area contributed by atoms with Crippen molar-refractivity contribution in [2.75, 3.05) is 53.0 Å². The van der Waals surface area contributed by atoms with Crippen LogP contribution in [0.25, 0.3) is 6.08 Å². The van der Waals surface area contributed by atoms with Gasteiger partial charge in [-0.05, 0) is 56.5 Å². The predicted octanol–water partition coefficient (Wildman–Crippen LogP) is 3.29. The fraction of sp³-hybridized carbons (Fsp3) is 0.619. The summed E-state index contributed by atoms with van der Waals surface area (Å²) in [6, 6.07) is 8.98. The molecule has 2 saturated heterocycles. The zero-order chi connectivity index (χ0) is 17.3. The summed E-state index contributed by atoms with van der Waals surface area (Å²) in [4.78, 5) is 5.32. The summed E-state index contributed by atoms with van der Waals surface area (Å²) in [5.41, 5.74) is 1.21. The van der Waals surface area contributed by atoms with E-state index in [1.807, 2.05) is 12.1 Å². The fourth-order valence-electron chi connectivity index (χ4n) is 3.85. The zero-order valence-electron chi connectivity index (χ0n) is 15.5. The van der Waals surface area contributed by atoms with Crippen LogP contribution in [-0.2, 0) is 4.74 Å². The van der Waals surface area contributed by atoms with Crippen LogP contribution in [0, 0.1) is 0 Å². The summed E-state index contributed by atoms with van der Waals surface area (Å²) in [6.45, 7) is 7.93. The third kappa shape index (κ3) is 5.84. The monoisotopic (exact) mass is 344 g/mol. The Hall–Kier alpha value is -1.36. The Balaban J connectivity index is 1.40. The van der Waals surface area contributed by atoms with E-state index in [2.05, 4.69) is 34.1 Å². The Morgan fingerprint density at radius 1 is 1.16 bits per heavy atom. The highest BCUT2D eigenvalue weighted by Gasteiger charge is 2.23. The maximum absolute atomic E-state index is 5.51. The smallest absolute Gasteiger partial charge is 0.119 e. The van der Waals surface area contributed by atoms with Crippen LogP contribution in [0.4, 0.5) is 0 Å². The van der Waals surface area contributed by atoms with Crippen molar-refractivity contribution in [1.29, 1.82) is 0 Å². The topological polar surface area (TPSA) is 24.9 Å². The molecule has 0 saturated carbocycles. The van der Waals surface area contributed by atoms with E-state index in [1.54, 1.807) is 7.11 Å². The molecule has 0 N–H and O–H groups in total. The van der Waals surface area contributed by atoms with Gasteiger partial charge in [0.1, 0.15) is 5.75 Å². The number of hydrogen-bond donors (Lipinski definition) is 0. The Morgan fingerprint density at radius 3 is 2.88 bits per heavy atom. The second kappa shape index (κ2) is 9.95. The zero-order valence-corrected chi connectivity index (χ0v) is 15.5.